The SMILES string of the molecule is Cc1ccc(OCC(=O)c2ccc3c(c2)CCC(=O)N3C)nc1. The van der Waals surface area contributed by atoms with Crippen molar-refractivity contribution in [3.8, 4) is 5.88 Å². The normalized spacial score (nSPS) is 13.7. The number of fused-ring (bicyclic) bond motifs is 1. The fourth-order valence-electron chi connectivity index (χ4n) is 2.59. The number of aromatic nitrogens is 1. The van der Waals surface area contributed by atoms with Crippen molar-refractivity contribution in [2.45, 2.75) is 19.8 Å². The van der Waals surface area contributed by atoms with E-state index in [0.717, 1.165) is 16.8 Å². The number of aryl methyl sites for hydroxylation is 2. The van der Waals surface area contributed by atoms with Gasteiger partial charge >= 0.3 is 0 Å². The van der Waals surface area contributed by atoms with Crippen LogP contribution >= 0.6 is 0 Å². The second kappa shape index (κ2) is 6.20. The molecule has 1 aromatic heterocycles. The summed E-state index contributed by atoms with van der Waals surface area (Å²) in [4.78, 5) is 29.7. The van der Waals surface area contributed by atoms with Gasteiger partial charge in [0.1, 0.15) is 0 Å². The van der Waals surface area contributed by atoms with Crippen molar-refractivity contribution in [1.29, 1.82) is 0 Å². The summed E-state index contributed by atoms with van der Waals surface area (Å²) in [5, 5.41) is 0. The number of hydrogen-bond acceptors (Lipinski definition) is 4. The molecule has 1 aliphatic rings. The highest BCUT2D eigenvalue weighted by atomic mass is 16.5. The van der Waals surface area contributed by atoms with Gasteiger partial charge in [-0.1, -0.05) is 6.07 Å². The molecule has 0 spiro atoms. The Hall–Kier alpha value is -2.69. The van der Waals surface area contributed by atoms with Crippen molar-refractivity contribution in [2.75, 3.05) is 18.6 Å². The van der Waals surface area contributed by atoms with Crippen molar-refractivity contribution in [1.82, 2.24) is 4.98 Å². The van der Waals surface area contributed by atoms with E-state index in [0.29, 0.717) is 24.3 Å². The van der Waals surface area contributed by atoms with Gasteiger partial charge in [0.05, 0.1) is 0 Å². The monoisotopic (exact) mass is 310 g/mol. The summed E-state index contributed by atoms with van der Waals surface area (Å²) in [7, 11) is 1.76. The van der Waals surface area contributed by atoms with E-state index in [4.69, 9.17) is 4.74 Å². The predicted octanol–water partition coefficient (Wildman–Crippen LogP) is 2.56. The Morgan fingerprint density at radius 3 is 2.83 bits per heavy atom. The molecule has 118 valence electrons. The van der Waals surface area contributed by atoms with E-state index < -0.39 is 0 Å². The molecule has 0 radical (unpaired) electrons. The standard InChI is InChI=1S/C18H18N2O3/c1-12-3-7-17(19-10-12)23-11-16(21)14-4-6-15-13(9-14)5-8-18(22)20(15)2/h3-4,6-7,9-10H,5,8,11H2,1-2H3. The van der Waals surface area contributed by atoms with Gasteiger partial charge in [0.2, 0.25) is 11.8 Å². The van der Waals surface area contributed by atoms with E-state index in [1.165, 1.54) is 0 Å². The Balaban J connectivity index is 1.70. The molecule has 2 aromatic rings. The number of hydrogen-bond donors (Lipinski definition) is 0. The molecule has 0 aliphatic carbocycles. The molecule has 0 unspecified atom stereocenters. The Kier molecular flexibility index (Phi) is 4.10. The molecule has 1 aromatic carbocycles. The van der Waals surface area contributed by atoms with Crippen LogP contribution < -0.4 is 9.64 Å². The largest absolute Gasteiger partial charge is 0.469 e. The number of carbonyl (C=O) groups is 2. The van der Waals surface area contributed by atoms with Crippen molar-refractivity contribution in [3.63, 3.8) is 0 Å². The molecule has 2 heterocycles. The zero-order valence-electron chi connectivity index (χ0n) is 13.2. The quantitative estimate of drug-likeness (QED) is 0.814. The molecular formula is C18H18N2O3. The molecular weight excluding hydrogens is 292 g/mol. The minimum Gasteiger partial charge on any atom is -0.469 e. The lowest BCUT2D eigenvalue weighted by molar-refractivity contribution is -0.118. The van der Waals surface area contributed by atoms with Gasteiger partial charge in [-0.3, -0.25) is 9.59 Å². The summed E-state index contributed by atoms with van der Waals surface area (Å²) < 4.78 is 5.43. The van der Waals surface area contributed by atoms with Crippen LogP contribution in [0, 0.1) is 6.92 Å². The summed E-state index contributed by atoms with van der Waals surface area (Å²) in [6.45, 7) is 1.89. The summed E-state index contributed by atoms with van der Waals surface area (Å²) in [5.41, 5.74) is 3.53. The van der Waals surface area contributed by atoms with Gasteiger partial charge < -0.3 is 9.64 Å². The molecule has 0 N–H and O–H groups in total. The Morgan fingerprint density at radius 1 is 1.26 bits per heavy atom. The van der Waals surface area contributed by atoms with Crippen molar-refractivity contribution in [2.24, 2.45) is 0 Å². The topological polar surface area (TPSA) is 59.5 Å². The number of carbonyl (C=O) groups excluding carboxylic acids is 2. The van der Waals surface area contributed by atoms with E-state index in [2.05, 4.69) is 4.98 Å². The number of ketones is 1. The number of amides is 1. The van der Waals surface area contributed by atoms with E-state index in [1.807, 2.05) is 25.1 Å². The van der Waals surface area contributed by atoms with Crippen LogP contribution in [0.4, 0.5) is 5.69 Å². The van der Waals surface area contributed by atoms with Crippen LogP contribution in [0.15, 0.2) is 36.5 Å². The average Bonchev–Trinajstić information content (AvgIpc) is 2.57. The molecule has 5 nitrogen and oxygen atoms in total. The van der Waals surface area contributed by atoms with E-state index >= 15 is 0 Å². The summed E-state index contributed by atoms with van der Waals surface area (Å²) in [6.07, 6.45) is 2.84. The summed E-state index contributed by atoms with van der Waals surface area (Å²) >= 11 is 0. The zero-order chi connectivity index (χ0) is 16.4. The minimum atomic E-state index is -0.102. The first kappa shape index (κ1) is 15.2. The first-order chi connectivity index (χ1) is 11.0. The van der Waals surface area contributed by atoms with Crippen LogP contribution in [0.2, 0.25) is 0 Å². The fourth-order valence-corrected chi connectivity index (χ4v) is 2.59. The smallest absolute Gasteiger partial charge is 0.227 e. The van der Waals surface area contributed by atoms with Crippen molar-refractivity contribution < 1.29 is 14.3 Å². The van der Waals surface area contributed by atoms with Crippen LogP contribution in [0.3, 0.4) is 0 Å². The molecule has 5 heteroatoms. The third-order valence-corrected chi connectivity index (χ3v) is 3.98. The number of benzene rings is 1. The minimum absolute atomic E-state index is 0.0520. The van der Waals surface area contributed by atoms with Gasteiger partial charge in [0.15, 0.2) is 12.4 Å². The Morgan fingerprint density at radius 2 is 2.09 bits per heavy atom. The van der Waals surface area contributed by atoms with Gasteiger partial charge in [0, 0.05) is 37.0 Å². The fraction of sp³-hybridized carbons (Fsp3) is 0.278. The number of nitrogens with zero attached hydrogens (tertiary/aromatic N) is 2. The van der Waals surface area contributed by atoms with Crippen LogP contribution in [0.5, 0.6) is 5.88 Å². The second-order valence-electron chi connectivity index (χ2n) is 5.68. The number of Topliss-reactive ketones (excluding diaryl/α,β-unsaturated/α-hetero) is 1. The summed E-state index contributed by atoms with van der Waals surface area (Å²) in [6, 6.07) is 9.05. The van der Waals surface area contributed by atoms with E-state index in [9.17, 15) is 9.59 Å². The molecule has 23 heavy (non-hydrogen) atoms. The third-order valence-electron chi connectivity index (χ3n) is 3.98. The highest BCUT2D eigenvalue weighted by Crippen LogP contribution is 2.27. The molecule has 0 bridgehead atoms. The third kappa shape index (κ3) is 3.23. The maximum Gasteiger partial charge on any atom is 0.227 e. The average molecular weight is 310 g/mol. The Labute approximate surface area is 134 Å². The predicted molar refractivity (Wildman–Crippen MR) is 87.0 cm³/mol. The lowest BCUT2D eigenvalue weighted by atomic mass is 9.98. The summed E-state index contributed by atoms with van der Waals surface area (Å²) in [5.74, 6) is 0.437. The van der Waals surface area contributed by atoms with Gasteiger partial charge in [-0.2, -0.15) is 0 Å². The zero-order valence-corrected chi connectivity index (χ0v) is 13.2. The molecule has 0 fully saturated rings. The number of rotatable bonds is 4. The highest BCUT2D eigenvalue weighted by molar-refractivity contribution is 6.00. The van der Waals surface area contributed by atoms with Crippen molar-refractivity contribution >= 4 is 17.4 Å². The van der Waals surface area contributed by atoms with Crippen LogP contribution in [-0.2, 0) is 11.2 Å². The lowest BCUT2D eigenvalue weighted by Gasteiger charge is -2.26. The van der Waals surface area contributed by atoms with Crippen LogP contribution in [0.25, 0.3) is 0 Å². The number of anilines is 1. The molecule has 0 saturated carbocycles. The number of pyridine rings is 1. The molecule has 1 amide bonds. The maximum atomic E-state index is 12.3. The highest BCUT2D eigenvalue weighted by Gasteiger charge is 2.21. The molecule has 3 rings (SSSR count). The second-order valence-corrected chi connectivity index (χ2v) is 5.68. The maximum absolute atomic E-state index is 12.3. The number of ether oxygens (including phenoxy) is 1. The van der Waals surface area contributed by atoms with Gasteiger partial charge in [-0.15, -0.1) is 0 Å². The molecule has 1 aliphatic heterocycles. The first-order valence-corrected chi connectivity index (χ1v) is 7.53. The van der Waals surface area contributed by atoms with Gasteiger partial charge in [-0.25, -0.2) is 4.98 Å². The van der Waals surface area contributed by atoms with Gasteiger partial charge in [0.25, 0.3) is 0 Å². The first-order valence-electron chi connectivity index (χ1n) is 7.53. The molecule has 0 atom stereocenters. The lowest BCUT2D eigenvalue weighted by Crippen LogP contribution is -2.31. The van der Waals surface area contributed by atoms with Gasteiger partial charge in [-0.05, 0) is 42.7 Å². The Bertz CT molecular complexity index is 753. The van der Waals surface area contributed by atoms with Crippen molar-refractivity contribution in [3.05, 3.63) is 53.2 Å². The molecule has 0 saturated heterocycles. The van der Waals surface area contributed by atoms with E-state index in [-0.39, 0.29) is 18.3 Å². The van der Waals surface area contributed by atoms with Crippen LogP contribution in [-0.4, -0.2) is 30.3 Å². The van der Waals surface area contributed by atoms with Crippen LogP contribution in [0.1, 0.15) is 27.9 Å². The van der Waals surface area contributed by atoms with E-state index in [1.54, 1.807) is 30.3 Å².